The fourth-order valence-electron chi connectivity index (χ4n) is 3.72. The van der Waals surface area contributed by atoms with E-state index in [0.29, 0.717) is 11.9 Å². The number of hydrogen-bond donors (Lipinski definition) is 3. The normalized spacial score (nSPS) is 12.5. The molecule has 0 fully saturated rings. The van der Waals surface area contributed by atoms with Gasteiger partial charge in [-0.25, -0.2) is 14.8 Å². The lowest BCUT2D eigenvalue weighted by molar-refractivity contribution is -0.139. The molecule has 0 saturated heterocycles. The van der Waals surface area contributed by atoms with Crippen LogP contribution in [0, 0.1) is 0 Å². The Kier molecular flexibility index (Phi) is 8.92. The van der Waals surface area contributed by atoms with Gasteiger partial charge in [0.1, 0.15) is 5.60 Å². The number of nitrogens with two attached hydrogens (primary N) is 1. The van der Waals surface area contributed by atoms with Gasteiger partial charge in [-0.3, -0.25) is 4.79 Å². The third-order valence-electron chi connectivity index (χ3n) is 5.33. The highest BCUT2D eigenvalue weighted by Crippen LogP contribution is 2.37. The number of hydrogen-bond acceptors (Lipinski definition) is 6. The summed E-state index contributed by atoms with van der Waals surface area (Å²) in [6, 6.07) is 15.7. The number of anilines is 2. The van der Waals surface area contributed by atoms with Gasteiger partial charge in [-0.1, -0.05) is 42.5 Å². The molecule has 0 radical (unpaired) electrons. The standard InChI is InChI=1S/C27H30F3N5O3/c1-26(2,3)38-25(37)33-15-18-9-11-20(12-10-18)34-24-32-16-21(27(28,29)30)23(35-24)19(14-22(31)36)13-17-7-5-4-6-8-17/h4-12,16,19H,13-15H2,1-3H3,(H2,31,36)(H,33,37)(H,32,34,35). The number of amides is 2. The summed E-state index contributed by atoms with van der Waals surface area (Å²) < 4.78 is 46.8. The number of rotatable bonds is 9. The van der Waals surface area contributed by atoms with Crippen LogP contribution in [-0.2, 0) is 28.7 Å². The molecule has 1 unspecified atom stereocenters. The van der Waals surface area contributed by atoms with E-state index in [2.05, 4.69) is 20.6 Å². The van der Waals surface area contributed by atoms with E-state index in [0.717, 1.165) is 11.1 Å². The SMILES string of the molecule is CC(C)(C)OC(=O)NCc1ccc(Nc2ncc(C(F)(F)F)c(C(CC(N)=O)Cc3ccccc3)n2)cc1. The number of carbonyl (C=O) groups is 2. The Morgan fingerprint density at radius 3 is 2.24 bits per heavy atom. The fourth-order valence-corrected chi connectivity index (χ4v) is 3.72. The summed E-state index contributed by atoms with van der Waals surface area (Å²) in [5.74, 6) is -1.70. The zero-order chi connectivity index (χ0) is 27.9. The molecule has 0 aliphatic rings. The van der Waals surface area contributed by atoms with E-state index >= 15 is 0 Å². The van der Waals surface area contributed by atoms with Crippen molar-refractivity contribution in [3.05, 3.63) is 83.2 Å². The number of nitrogens with zero attached hydrogens (tertiary/aromatic N) is 2. The molecule has 1 aromatic heterocycles. The van der Waals surface area contributed by atoms with E-state index in [1.54, 1.807) is 75.4 Å². The molecule has 0 aliphatic carbocycles. The molecule has 4 N–H and O–H groups in total. The van der Waals surface area contributed by atoms with Gasteiger partial charge in [-0.2, -0.15) is 13.2 Å². The zero-order valence-corrected chi connectivity index (χ0v) is 21.3. The maximum Gasteiger partial charge on any atom is 0.419 e. The molecule has 0 aliphatic heterocycles. The molecule has 8 nitrogen and oxygen atoms in total. The van der Waals surface area contributed by atoms with Crippen molar-refractivity contribution >= 4 is 23.6 Å². The highest BCUT2D eigenvalue weighted by molar-refractivity contribution is 5.75. The molecule has 202 valence electrons. The number of carbonyl (C=O) groups excluding carboxylic acids is 2. The Bertz CT molecular complexity index is 1240. The first kappa shape index (κ1) is 28.4. The minimum atomic E-state index is -4.72. The van der Waals surface area contributed by atoms with Crippen molar-refractivity contribution in [1.82, 2.24) is 15.3 Å². The van der Waals surface area contributed by atoms with Crippen molar-refractivity contribution in [1.29, 1.82) is 0 Å². The van der Waals surface area contributed by atoms with Gasteiger partial charge < -0.3 is 21.1 Å². The van der Waals surface area contributed by atoms with E-state index in [1.165, 1.54) is 0 Å². The molecular formula is C27H30F3N5O3. The largest absolute Gasteiger partial charge is 0.444 e. The zero-order valence-electron chi connectivity index (χ0n) is 21.3. The van der Waals surface area contributed by atoms with Crippen molar-refractivity contribution in [2.75, 3.05) is 5.32 Å². The van der Waals surface area contributed by atoms with Crippen molar-refractivity contribution in [3.8, 4) is 0 Å². The quantitative estimate of drug-likeness (QED) is 0.338. The molecule has 1 atom stereocenters. The van der Waals surface area contributed by atoms with Crippen molar-refractivity contribution in [2.24, 2.45) is 5.73 Å². The van der Waals surface area contributed by atoms with Crippen molar-refractivity contribution in [3.63, 3.8) is 0 Å². The second-order valence-corrected chi connectivity index (χ2v) is 9.72. The number of benzene rings is 2. The first-order chi connectivity index (χ1) is 17.8. The molecule has 11 heteroatoms. The van der Waals surface area contributed by atoms with Crippen LogP contribution in [0.5, 0.6) is 0 Å². The number of ether oxygens (including phenoxy) is 1. The summed E-state index contributed by atoms with van der Waals surface area (Å²) in [6.07, 6.45) is -4.73. The summed E-state index contributed by atoms with van der Waals surface area (Å²) in [6.45, 7) is 5.52. The van der Waals surface area contributed by atoms with Gasteiger partial charge in [-0.05, 0) is 50.5 Å². The highest BCUT2D eigenvalue weighted by atomic mass is 19.4. The average molecular weight is 530 g/mol. The van der Waals surface area contributed by atoms with Crippen LogP contribution in [0.1, 0.15) is 55.5 Å². The summed E-state index contributed by atoms with van der Waals surface area (Å²) in [7, 11) is 0. The monoisotopic (exact) mass is 529 g/mol. The van der Waals surface area contributed by atoms with Gasteiger partial charge in [0.05, 0.1) is 11.3 Å². The lowest BCUT2D eigenvalue weighted by atomic mass is 9.90. The second kappa shape index (κ2) is 11.9. The van der Waals surface area contributed by atoms with Gasteiger partial charge in [-0.15, -0.1) is 0 Å². The molecule has 2 aromatic carbocycles. The van der Waals surface area contributed by atoms with Gasteiger partial charge >= 0.3 is 12.3 Å². The van der Waals surface area contributed by atoms with E-state index in [1.807, 2.05) is 0 Å². The Labute approximate surface area is 218 Å². The van der Waals surface area contributed by atoms with Crippen LogP contribution in [0.3, 0.4) is 0 Å². The Morgan fingerprint density at radius 2 is 1.66 bits per heavy atom. The summed E-state index contributed by atoms with van der Waals surface area (Å²) >= 11 is 0. The van der Waals surface area contributed by atoms with Crippen molar-refractivity contribution < 1.29 is 27.5 Å². The van der Waals surface area contributed by atoms with Crippen LogP contribution in [0.15, 0.2) is 60.8 Å². The van der Waals surface area contributed by atoms with Gasteiger partial charge in [0.2, 0.25) is 11.9 Å². The first-order valence-corrected chi connectivity index (χ1v) is 11.9. The highest BCUT2D eigenvalue weighted by Gasteiger charge is 2.37. The molecule has 1 heterocycles. The van der Waals surface area contributed by atoms with Gasteiger partial charge in [0.15, 0.2) is 0 Å². The Morgan fingerprint density at radius 1 is 1.00 bits per heavy atom. The van der Waals surface area contributed by atoms with E-state index < -0.39 is 35.3 Å². The molecule has 2 amide bonds. The number of primary amides is 1. The molecule has 0 bridgehead atoms. The maximum atomic E-state index is 13.9. The Hall–Kier alpha value is -4.15. The predicted molar refractivity (Wildman–Crippen MR) is 137 cm³/mol. The molecule has 38 heavy (non-hydrogen) atoms. The lowest BCUT2D eigenvalue weighted by Gasteiger charge is -2.21. The van der Waals surface area contributed by atoms with Crippen LogP contribution in [0.2, 0.25) is 0 Å². The van der Waals surface area contributed by atoms with Gasteiger partial charge in [0, 0.05) is 30.8 Å². The third kappa shape index (κ3) is 8.75. The molecule has 3 rings (SSSR count). The number of alkyl halides is 3. The van der Waals surface area contributed by atoms with E-state index in [9.17, 15) is 22.8 Å². The van der Waals surface area contributed by atoms with E-state index in [4.69, 9.17) is 10.5 Å². The van der Waals surface area contributed by atoms with Crippen LogP contribution in [0.4, 0.5) is 29.6 Å². The van der Waals surface area contributed by atoms with Crippen LogP contribution >= 0.6 is 0 Å². The maximum absolute atomic E-state index is 13.9. The second-order valence-electron chi connectivity index (χ2n) is 9.72. The number of nitrogens with one attached hydrogen (secondary N) is 2. The topological polar surface area (TPSA) is 119 Å². The molecule has 0 saturated carbocycles. The molecular weight excluding hydrogens is 499 g/mol. The number of aromatic nitrogens is 2. The average Bonchev–Trinajstić information content (AvgIpc) is 2.82. The van der Waals surface area contributed by atoms with Crippen LogP contribution < -0.4 is 16.4 Å². The third-order valence-corrected chi connectivity index (χ3v) is 5.33. The number of halogens is 3. The minimum Gasteiger partial charge on any atom is -0.444 e. The van der Waals surface area contributed by atoms with E-state index in [-0.39, 0.29) is 31.0 Å². The first-order valence-electron chi connectivity index (χ1n) is 11.9. The minimum absolute atomic E-state index is 0.0600. The van der Waals surface area contributed by atoms with Crippen LogP contribution in [-0.4, -0.2) is 27.6 Å². The summed E-state index contributed by atoms with van der Waals surface area (Å²) in [4.78, 5) is 31.6. The fraction of sp³-hybridized carbons (Fsp3) is 0.333. The lowest BCUT2D eigenvalue weighted by Crippen LogP contribution is -2.32. The summed E-state index contributed by atoms with van der Waals surface area (Å²) in [5.41, 5.74) is 5.48. The predicted octanol–water partition coefficient (Wildman–Crippen LogP) is 5.47. The van der Waals surface area contributed by atoms with Gasteiger partial charge in [0.25, 0.3) is 0 Å². The summed E-state index contributed by atoms with van der Waals surface area (Å²) in [5, 5.41) is 5.55. The Balaban J connectivity index is 1.81. The molecule has 0 spiro atoms. The number of alkyl carbamates (subject to hydrolysis) is 1. The smallest absolute Gasteiger partial charge is 0.419 e. The molecule has 3 aromatic rings. The van der Waals surface area contributed by atoms with Crippen LogP contribution in [0.25, 0.3) is 0 Å². The van der Waals surface area contributed by atoms with Crippen molar-refractivity contribution in [2.45, 2.75) is 57.9 Å².